The number of nitrogens with one attached hydrogen (secondary N) is 1. The third-order valence-electron chi connectivity index (χ3n) is 5.96. The van der Waals surface area contributed by atoms with Gasteiger partial charge in [-0.25, -0.2) is 17.5 Å². The predicted molar refractivity (Wildman–Crippen MR) is 111 cm³/mol. The molecule has 6 nitrogen and oxygen atoms in total. The molecule has 1 aliphatic carbocycles. The van der Waals surface area contributed by atoms with Gasteiger partial charge in [-0.15, -0.1) is 0 Å². The second-order valence-electron chi connectivity index (χ2n) is 8.20. The van der Waals surface area contributed by atoms with E-state index in [2.05, 4.69) is 23.5 Å². The summed E-state index contributed by atoms with van der Waals surface area (Å²) in [5.74, 6) is -0.500. The molecule has 0 radical (unpaired) electrons. The van der Waals surface area contributed by atoms with Crippen molar-refractivity contribution in [3.8, 4) is 0 Å². The third-order valence-corrected chi connectivity index (χ3v) is 7.76. The molecule has 1 saturated carbocycles. The second kappa shape index (κ2) is 9.29. The Hall–Kier alpha value is -1.22. The third kappa shape index (κ3) is 5.48. The van der Waals surface area contributed by atoms with Gasteiger partial charge in [-0.2, -0.15) is 0 Å². The van der Waals surface area contributed by atoms with Gasteiger partial charge in [-0.05, 0) is 57.7 Å². The topological polar surface area (TPSA) is 69.7 Å². The van der Waals surface area contributed by atoms with E-state index in [1.54, 1.807) is 0 Å². The zero-order valence-corrected chi connectivity index (χ0v) is 18.5. The van der Waals surface area contributed by atoms with Crippen LogP contribution in [0.15, 0.2) is 23.1 Å². The number of hydrogen-bond donors (Lipinski definition) is 1. The van der Waals surface area contributed by atoms with Crippen molar-refractivity contribution < 1.29 is 17.6 Å². The molecule has 1 heterocycles. The van der Waals surface area contributed by atoms with Crippen LogP contribution in [0.3, 0.4) is 0 Å². The number of nitrogens with zero attached hydrogens (tertiary/aromatic N) is 2. The SMILES string of the molecule is CC(C)N1CCN(C(=O)[C@H]2CC[C@@H](NS(=O)(=O)c3ccc(F)c(Cl)c3)CC2)CC1. The van der Waals surface area contributed by atoms with Crippen LogP contribution in [0, 0.1) is 11.7 Å². The van der Waals surface area contributed by atoms with E-state index in [9.17, 15) is 17.6 Å². The molecule has 1 N–H and O–H groups in total. The number of halogens is 2. The number of piperazine rings is 1. The predicted octanol–water partition coefficient (Wildman–Crippen LogP) is 2.87. The number of sulfonamides is 1. The van der Waals surface area contributed by atoms with Gasteiger partial charge >= 0.3 is 0 Å². The Bertz CT molecular complexity index is 833. The lowest BCUT2D eigenvalue weighted by Gasteiger charge is -2.39. The molecule has 162 valence electrons. The van der Waals surface area contributed by atoms with Crippen molar-refractivity contribution in [2.75, 3.05) is 26.2 Å². The molecule has 1 aliphatic heterocycles. The van der Waals surface area contributed by atoms with E-state index >= 15 is 0 Å². The van der Waals surface area contributed by atoms with Crippen LogP contribution in [0.5, 0.6) is 0 Å². The molecule has 29 heavy (non-hydrogen) atoms. The highest BCUT2D eigenvalue weighted by Gasteiger charge is 2.33. The Morgan fingerprint density at radius 3 is 2.31 bits per heavy atom. The molecule has 0 atom stereocenters. The van der Waals surface area contributed by atoms with Gasteiger partial charge in [0.1, 0.15) is 5.82 Å². The zero-order valence-electron chi connectivity index (χ0n) is 16.9. The summed E-state index contributed by atoms with van der Waals surface area (Å²) in [4.78, 5) is 17.1. The average Bonchev–Trinajstić information content (AvgIpc) is 2.70. The summed E-state index contributed by atoms with van der Waals surface area (Å²) in [6.07, 6.45) is 2.55. The fourth-order valence-electron chi connectivity index (χ4n) is 4.11. The van der Waals surface area contributed by atoms with Crippen LogP contribution in [-0.2, 0) is 14.8 Å². The van der Waals surface area contributed by atoms with E-state index in [0.717, 1.165) is 38.3 Å². The molecule has 1 aromatic carbocycles. The van der Waals surface area contributed by atoms with Crippen molar-refractivity contribution in [3.63, 3.8) is 0 Å². The first-order chi connectivity index (χ1) is 13.7. The Balaban J connectivity index is 1.51. The molecule has 0 unspecified atom stereocenters. The lowest BCUT2D eigenvalue weighted by atomic mass is 9.85. The van der Waals surface area contributed by atoms with Gasteiger partial charge in [0, 0.05) is 44.2 Å². The lowest BCUT2D eigenvalue weighted by Crippen LogP contribution is -2.52. The van der Waals surface area contributed by atoms with E-state index in [4.69, 9.17) is 11.6 Å². The normalized spacial score (nSPS) is 24.1. The lowest BCUT2D eigenvalue weighted by molar-refractivity contribution is -0.138. The maximum absolute atomic E-state index is 13.3. The monoisotopic (exact) mass is 445 g/mol. The van der Waals surface area contributed by atoms with Crippen molar-refractivity contribution in [1.82, 2.24) is 14.5 Å². The fourth-order valence-corrected chi connectivity index (χ4v) is 5.68. The summed E-state index contributed by atoms with van der Waals surface area (Å²) in [5, 5.41) is -0.222. The van der Waals surface area contributed by atoms with Crippen molar-refractivity contribution in [2.45, 2.75) is 56.5 Å². The van der Waals surface area contributed by atoms with E-state index in [1.807, 2.05) is 4.90 Å². The summed E-state index contributed by atoms with van der Waals surface area (Å²) >= 11 is 5.70. The van der Waals surface area contributed by atoms with Crippen LogP contribution in [0.2, 0.25) is 5.02 Å². The van der Waals surface area contributed by atoms with E-state index in [-0.39, 0.29) is 27.8 Å². The van der Waals surface area contributed by atoms with Gasteiger partial charge < -0.3 is 4.90 Å². The molecule has 1 aromatic rings. The molecule has 2 fully saturated rings. The number of amides is 1. The highest BCUT2D eigenvalue weighted by molar-refractivity contribution is 7.89. The van der Waals surface area contributed by atoms with Crippen molar-refractivity contribution in [2.24, 2.45) is 5.92 Å². The second-order valence-corrected chi connectivity index (χ2v) is 10.3. The first-order valence-corrected chi connectivity index (χ1v) is 12.0. The van der Waals surface area contributed by atoms with Crippen LogP contribution in [0.4, 0.5) is 4.39 Å². The Kier molecular flexibility index (Phi) is 7.19. The van der Waals surface area contributed by atoms with Gasteiger partial charge in [0.15, 0.2) is 0 Å². The minimum absolute atomic E-state index is 0.0402. The Morgan fingerprint density at radius 1 is 1.14 bits per heavy atom. The first kappa shape index (κ1) is 22.5. The van der Waals surface area contributed by atoms with Gasteiger partial charge in [0.05, 0.1) is 9.92 Å². The standard InChI is InChI=1S/C20H29ClFN3O3S/c1-14(2)24-9-11-25(12-10-24)20(26)15-3-5-16(6-4-15)23-29(27,28)17-7-8-19(22)18(21)13-17/h7-8,13-16,23H,3-6,9-12H2,1-2H3/t15-,16+. The molecule has 9 heteroatoms. The Labute approximate surface area is 177 Å². The fraction of sp³-hybridized carbons (Fsp3) is 0.650. The van der Waals surface area contributed by atoms with Crippen molar-refractivity contribution in [1.29, 1.82) is 0 Å². The van der Waals surface area contributed by atoms with Gasteiger partial charge in [0.2, 0.25) is 15.9 Å². The molecule has 3 rings (SSSR count). The number of carbonyl (C=O) groups is 1. The average molecular weight is 446 g/mol. The van der Waals surface area contributed by atoms with Crippen LogP contribution in [-0.4, -0.2) is 62.4 Å². The molecule has 1 amide bonds. The van der Waals surface area contributed by atoms with Gasteiger partial charge in [-0.3, -0.25) is 9.69 Å². The minimum atomic E-state index is -3.77. The largest absolute Gasteiger partial charge is 0.340 e. The number of hydrogen-bond acceptors (Lipinski definition) is 4. The number of benzene rings is 1. The number of carbonyl (C=O) groups excluding carboxylic acids is 1. The van der Waals surface area contributed by atoms with E-state index < -0.39 is 15.8 Å². The quantitative estimate of drug-likeness (QED) is 0.756. The van der Waals surface area contributed by atoms with E-state index in [1.165, 1.54) is 6.07 Å². The maximum Gasteiger partial charge on any atom is 0.240 e. The molecule has 2 aliphatic rings. The van der Waals surface area contributed by atoms with Gasteiger partial charge in [0.25, 0.3) is 0 Å². The number of rotatable bonds is 5. The van der Waals surface area contributed by atoms with Crippen molar-refractivity contribution >= 4 is 27.5 Å². The summed E-state index contributed by atoms with van der Waals surface area (Å²) in [7, 11) is -3.77. The molecule has 0 spiro atoms. The Morgan fingerprint density at radius 2 is 1.76 bits per heavy atom. The van der Waals surface area contributed by atoms with E-state index in [0.29, 0.717) is 31.7 Å². The highest BCUT2D eigenvalue weighted by Crippen LogP contribution is 2.28. The van der Waals surface area contributed by atoms with Crippen LogP contribution >= 0.6 is 11.6 Å². The smallest absolute Gasteiger partial charge is 0.240 e. The molecular weight excluding hydrogens is 417 g/mol. The summed E-state index contributed by atoms with van der Waals surface area (Å²) in [5.41, 5.74) is 0. The molecule has 0 bridgehead atoms. The molecular formula is C20H29ClFN3O3S. The summed E-state index contributed by atoms with van der Waals surface area (Å²) < 4.78 is 41.0. The minimum Gasteiger partial charge on any atom is -0.340 e. The van der Waals surface area contributed by atoms with Crippen molar-refractivity contribution in [3.05, 3.63) is 29.0 Å². The molecule has 1 saturated heterocycles. The maximum atomic E-state index is 13.3. The molecule has 0 aromatic heterocycles. The summed E-state index contributed by atoms with van der Waals surface area (Å²) in [6, 6.07) is 3.63. The zero-order chi connectivity index (χ0) is 21.2. The van der Waals surface area contributed by atoms with Crippen LogP contribution in [0.25, 0.3) is 0 Å². The highest BCUT2D eigenvalue weighted by atomic mass is 35.5. The summed E-state index contributed by atoms with van der Waals surface area (Å²) in [6.45, 7) is 7.65. The first-order valence-electron chi connectivity index (χ1n) is 10.2. The van der Waals surface area contributed by atoms with Crippen LogP contribution < -0.4 is 4.72 Å². The van der Waals surface area contributed by atoms with Gasteiger partial charge in [-0.1, -0.05) is 11.6 Å². The van der Waals surface area contributed by atoms with Crippen LogP contribution in [0.1, 0.15) is 39.5 Å².